The van der Waals surface area contributed by atoms with Crippen molar-refractivity contribution < 1.29 is 14.0 Å². The highest BCUT2D eigenvalue weighted by Gasteiger charge is 2.24. The molecule has 0 spiro atoms. The average molecular weight is 496 g/mol. The molecule has 7 heteroatoms. The van der Waals surface area contributed by atoms with E-state index in [1.165, 1.54) is 36.7 Å². The summed E-state index contributed by atoms with van der Waals surface area (Å²) in [5.41, 5.74) is 4.72. The van der Waals surface area contributed by atoms with Gasteiger partial charge >= 0.3 is 13.8 Å². The van der Waals surface area contributed by atoms with Gasteiger partial charge in [-0.2, -0.15) is 0 Å². The quantitative estimate of drug-likeness (QED) is 0.400. The number of ether oxygens (including phenoxy) is 1. The first kappa shape index (κ1) is 26.1. The van der Waals surface area contributed by atoms with E-state index in [1.807, 2.05) is 24.3 Å². The molecule has 0 saturated carbocycles. The third-order valence-electron chi connectivity index (χ3n) is 7.48. The second-order valence-electron chi connectivity index (χ2n) is 10.4. The summed E-state index contributed by atoms with van der Waals surface area (Å²) < 4.78 is 18.7. The van der Waals surface area contributed by atoms with Crippen molar-refractivity contribution in [2.75, 3.05) is 26.3 Å². The molecule has 0 aromatic heterocycles. The fraction of sp³-hybridized carbons (Fsp3) is 0.400. The Labute approximate surface area is 222 Å². The molecule has 0 aliphatic carbocycles. The van der Waals surface area contributed by atoms with E-state index in [9.17, 15) is 0 Å². The summed E-state index contributed by atoms with van der Waals surface area (Å²) in [4.78, 5) is 0. The Balaban J connectivity index is 1.20. The second-order valence-corrected chi connectivity index (χ2v) is 10.4. The first-order valence-electron chi connectivity index (χ1n) is 13.8. The zero-order valence-electron chi connectivity index (χ0n) is 22.1. The maximum absolute atomic E-state index is 6.46. The smallest absolute Gasteiger partial charge is 0.361 e. The lowest BCUT2D eigenvalue weighted by Crippen LogP contribution is -2.47. The normalized spacial score (nSPS) is 19.2. The highest BCUT2D eigenvalue weighted by Crippen LogP contribution is 2.20. The summed E-state index contributed by atoms with van der Waals surface area (Å²) in [6, 6.07) is 26.1. The van der Waals surface area contributed by atoms with Crippen molar-refractivity contribution in [2.24, 2.45) is 0 Å². The van der Waals surface area contributed by atoms with Crippen LogP contribution in [0.5, 0.6) is 11.5 Å². The van der Waals surface area contributed by atoms with Gasteiger partial charge in [0, 0.05) is 25.3 Å². The molecule has 5 rings (SSSR count). The predicted octanol–water partition coefficient (Wildman–Crippen LogP) is 3.26. The first-order chi connectivity index (χ1) is 18.1. The van der Waals surface area contributed by atoms with Gasteiger partial charge < -0.3 is 24.7 Å². The predicted molar refractivity (Wildman–Crippen MR) is 154 cm³/mol. The van der Waals surface area contributed by atoms with Crippen molar-refractivity contribution in [3.8, 4) is 11.5 Å². The Morgan fingerprint density at radius 2 is 1.16 bits per heavy atom. The number of hydrogen-bond donors (Lipinski definition) is 2. The van der Waals surface area contributed by atoms with Gasteiger partial charge in [-0.25, -0.2) is 0 Å². The Bertz CT molecular complexity index is 1100. The van der Waals surface area contributed by atoms with Gasteiger partial charge in [0.25, 0.3) is 0 Å². The molecular weight excluding hydrogens is 458 g/mol. The molecule has 37 heavy (non-hydrogen) atoms. The van der Waals surface area contributed by atoms with Crippen LogP contribution in [0.1, 0.15) is 31.2 Å². The summed E-state index contributed by atoms with van der Waals surface area (Å²) in [5, 5.41) is 7.02. The lowest BCUT2D eigenvalue weighted by atomic mass is 9.55. The SMILES string of the molecule is CB(OCC1CCCN1)c1ccc(Oc2ccc(B(OCC3CCCN3)c3ccc(C)cc3)cc2)cc1. The summed E-state index contributed by atoms with van der Waals surface area (Å²) in [6.45, 7) is 7.85. The highest BCUT2D eigenvalue weighted by molar-refractivity contribution is 6.80. The molecule has 2 aliphatic heterocycles. The van der Waals surface area contributed by atoms with E-state index in [-0.39, 0.29) is 13.8 Å². The number of aryl methyl sites for hydroxylation is 1. The average Bonchev–Trinajstić information content (AvgIpc) is 3.64. The van der Waals surface area contributed by atoms with Gasteiger partial charge in [-0.05, 0) is 86.4 Å². The molecule has 0 radical (unpaired) electrons. The molecule has 2 saturated heterocycles. The van der Waals surface area contributed by atoms with Gasteiger partial charge in [0.05, 0.1) is 0 Å². The molecule has 0 bridgehead atoms. The molecule has 2 fully saturated rings. The van der Waals surface area contributed by atoms with Gasteiger partial charge in [-0.3, -0.25) is 0 Å². The largest absolute Gasteiger partial charge is 0.457 e. The van der Waals surface area contributed by atoms with Crippen molar-refractivity contribution >= 4 is 30.2 Å². The van der Waals surface area contributed by atoms with Crippen LogP contribution in [0.2, 0.25) is 6.82 Å². The minimum absolute atomic E-state index is 0.0638. The van der Waals surface area contributed by atoms with Crippen LogP contribution in [0.15, 0.2) is 72.8 Å². The topological polar surface area (TPSA) is 51.8 Å². The second kappa shape index (κ2) is 12.8. The maximum atomic E-state index is 6.46. The summed E-state index contributed by atoms with van der Waals surface area (Å²) in [6.07, 6.45) is 4.84. The van der Waals surface area contributed by atoms with E-state index >= 15 is 0 Å². The Hall–Kier alpha value is -2.57. The maximum Gasteiger partial charge on any atom is 0.361 e. The number of hydrogen-bond acceptors (Lipinski definition) is 5. The Morgan fingerprint density at radius 3 is 1.68 bits per heavy atom. The zero-order chi connectivity index (χ0) is 25.5. The Kier molecular flexibility index (Phi) is 9.01. The van der Waals surface area contributed by atoms with E-state index in [1.54, 1.807) is 0 Å². The molecule has 192 valence electrons. The molecule has 2 heterocycles. The van der Waals surface area contributed by atoms with Gasteiger partial charge in [-0.15, -0.1) is 0 Å². The van der Waals surface area contributed by atoms with Crippen LogP contribution < -0.4 is 31.8 Å². The summed E-state index contributed by atoms with van der Waals surface area (Å²) in [5.74, 6) is 1.63. The molecule has 0 amide bonds. The number of nitrogens with one attached hydrogen (secondary N) is 2. The van der Waals surface area contributed by atoms with Gasteiger partial charge in [0.1, 0.15) is 11.5 Å². The van der Waals surface area contributed by atoms with Crippen LogP contribution in [0.3, 0.4) is 0 Å². The van der Waals surface area contributed by atoms with E-state index in [4.69, 9.17) is 14.0 Å². The van der Waals surface area contributed by atoms with Gasteiger partial charge in [0.15, 0.2) is 0 Å². The first-order valence-corrected chi connectivity index (χ1v) is 13.8. The molecule has 5 nitrogen and oxygen atoms in total. The van der Waals surface area contributed by atoms with Crippen LogP contribution in [0.4, 0.5) is 0 Å². The number of rotatable bonds is 11. The van der Waals surface area contributed by atoms with E-state index in [0.29, 0.717) is 18.7 Å². The lowest BCUT2D eigenvalue weighted by molar-refractivity contribution is 0.286. The third-order valence-corrected chi connectivity index (χ3v) is 7.48. The number of benzene rings is 3. The van der Waals surface area contributed by atoms with Crippen molar-refractivity contribution in [2.45, 2.75) is 51.5 Å². The van der Waals surface area contributed by atoms with Gasteiger partial charge in [0.2, 0.25) is 0 Å². The van der Waals surface area contributed by atoms with Crippen molar-refractivity contribution in [1.29, 1.82) is 0 Å². The van der Waals surface area contributed by atoms with E-state index in [0.717, 1.165) is 42.1 Å². The monoisotopic (exact) mass is 496 g/mol. The molecule has 3 aromatic rings. The van der Waals surface area contributed by atoms with Crippen molar-refractivity contribution in [3.05, 3.63) is 78.4 Å². The summed E-state index contributed by atoms with van der Waals surface area (Å²) in [7, 11) is 0. The van der Waals surface area contributed by atoms with Crippen LogP contribution in [0, 0.1) is 6.92 Å². The van der Waals surface area contributed by atoms with Gasteiger partial charge in [-0.1, -0.05) is 60.9 Å². The van der Waals surface area contributed by atoms with Crippen LogP contribution in [-0.4, -0.2) is 52.2 Å². The lowest BCUT2D eigenvalue weighted by Gasteiger charge is -2.19. The standard InChI is InChI=1S/C30H38B2N2O3/c1-23-7-9-25(10-8-23)32(36-22-28-6-4-20-34-28)26-13-17-30(18-14-26)37-29-15-11-24(12-16-29)31(2)35-21-27-5-3-19-33-27/h7-18,27-28,33-34H,3-6,19-22H2,1-2H3. The van der Waals surface area contributed by atoms with Crippen LogP contribution in [-0.2, 0) is 9.31 Å². The Morgan fingerprint density at radius 1 is 0.676 bits per heavy atom. The highest BCUT2D eigenvalue weighted by atomic mass is 16.5. The van der Waals surface area contributed by atoms with Crippen molar-refractivity contribution in [3.63, 3.8) is 0 Å². The summed E-state index contributed by atoms with van der Waals surface area (Å²) >= 11 is 0. The fourth-order valence-electron chi connectivity index (χ4n) is 5.15. The van der Waals surface area contributed by atoms with Crippen LogP contribution >= 0.6 is 0 Å². The molecule has 2 N–H and O–H groups in total. The minimum atomic E-state index is -0.0998. The minimum Gasteiger partial charge on any atom is -0.457 e. The molecular formula is C30H38B2N2O3. The van der Waals surface area contributed by atoms with E-state index < -0.39 is 0 Å². The zero-order valence-corrected chi connectivity index (χ0v) is 22.1. The van der Waals surface area contributed by atoms with Crippen LogP contribution in [0.25, 0.3) is 0 Å². The molecule has 2 unspecified atom stereocenters. The third kappa shape index (κ3) is 7.26. The molecule has 2 atom stereocenters. The molecule has 3 aromatic carbocycles. The van der Waals surface area contributed by atoms with Crippen molar-refractivity contribution in [1.82, 2.24) is 10.6 Å². The van der Waals surface area contributed by atoms with E-state index in [2.05, 4.69) is 72.9 Å². The fourth-order valence-corrected chi connectivity index (χ4v) is 5.15. The molecule has 2 aliphatic rings.